The molecule has 2 unspecified atom stereocenters. The van der Waals surface area contributed by atoms with Crippen molar-refractivity contribution in [3.63, 3.8) is 0 Å². The number of halogens is 1. The quantitative estimate of drug-likeness (QED) is 0.907. The van der Waals surface area contributed by atoms with Crippen LogP contribution < -0.4 is 15.2 Å². The van der Waals surface area contributed by atoms with Gasteiger partial charge in [0, 0.05) is 12.5 Å². The van der Waals surface area contributed by atoms with Crippen LogP contribution >= 0.6 is 22.9 Å². The molecule has 1 aromatic heterocycles. The fraction of sp³-hybridized carbons (Fsp3) is 0.333. The highest BCUT2D eigenvalue weighted by Gasteiger charge is 2.26. The zero-order chi connectivity index (χ0) is 14.8. The second-order valence-electron chi connectivity index (χ2n) is 4.82. The van der Waals surface area contributed by atoms with E-state index in [9.17, 15) is 5.11 Å². The number of nitrogens with two attached hydrogens (primary N) is 1. The van der Waals surface area contributed by atoms with Crippen molar-refractivity contribution in [3.05, 3.63) is 45.1 Å². The summed E-state index contributed by atoms with van der Waals surface area (Å²) >= 11 is 7.53. The van der Waals surface area contributed by atoms with Crippen molar-refractivity contribution < 1.29 is 14.6 Å². The molecule has 1 aliphatic rings. The fourth-order valence-electron chi connectivity index (χ4n) is 2.44. The number of rotatable bonds is 4. The van der Waals surface area contributed by atoms with E-state index in [1.807, 2.05) is 23.6 Å². The average molecular weight is 326 g/mol. The van der Waals surface area contributed by atoms with Crippen molar-refractivity contribution in [1.82, 2.24) is 0 Å². The molecular weight excluding hydrogens is 310 g/mol. The smallest absolute Gasteiger partial charge is 0.161 e. The Bertz CT molecular complexity index is 631. The van der Waals surface area contributed by atoms with Gasteiger partial charge in [-0.25, -0.2) is 0 Å². The summed E-state index contributed by atoms with van der Waals surface area (Å²) < 4.78 is 11.1. The second-order valence-corrected chi connectivity index (χ2v) is 6.18. The largest absolute Gasteiger partial charge is 0.486 e. The van der Waals surface area contributed by atoms with Gasteiger partial charge in [-0.3, -0.25) is 0 Å². The molecule has 0 amide bonds. The van der Waals surface area contributed by atoms with Crippen LogP contribution in [0.4, 0.5) is 0 Å². The maximum Gasteiger partial charge on any atom is 0.161 e. The Labute approximate surface area is 132 Å². The highest BCUT2D eigenvalue weighted by Crippen LogP contribution is 2.40. The number of aliphatic hydroxyl groups is 1. The number of aliphatic hydroxyl groups excluding tert-OH is 1. The molecule has 0 aliphatic carbocycles. The monoisotopic (exact) mass is 325 g/mol. The van der Waals surface area contributed by atoms with E-state index in [0.717, 1.165) is 16.2 Å². The zero-order valence-corrected chi connectivity index (χ0v) is 12.9. The molecule has 0 saturated heterocycles. The van der Waals surface area contributed by atoms with E-state index in [4.69, 9.17) is 26.8 Å². The Morgan fingerprint density at radius 1 is 1.24 bits per heavy atom. The Kier molecular flexibility index (Phi) is 4.35. The van der Waals surface area contributed by atoms with E-state index in [1.54, 1.807) is 6.07 Å². The molecule has 0 bridgehead atoms. The Morgan fingerprint density at radius 2 is 2.00 bits per heavy atom. The first-order valence-corrected chi connectivity index (χ1v) is 7.97. The van der Waals surface area contributed by atoms with Gasteiger partial charge in [-0.05, 0) is 29.1 Å². The van der Waals surface area contributed by atoms with E-state index in [0.29, 0.717) is 30.5 Å². The zero-order valence-electron chi connectivity index (χ0n) is 11.3. The number of fused-ring (bicyclic) bond motifs is 1. The third-order valence-electron chi connectivity index (χ3n) is 3.54. The maximum absolute atomic E-state index is 10.6. The molecule has 4 nitrogen and oxygen atoms in total. The van der Waals surface area contributed by atoms with Gasteiger partial charge in [0.2, 0.25) is 0 Å². The lowest BCUT2D eigenvalue weighted by atomic mass is 9.92. The molecule has 2 atom stereocenters. The van der Waals surface area contributed by atoms with Crippen molar-refractivity contribution in [2.75, 3.05) is 19.8 Å². The lowest BCUT2D eigenvalue weighted by molar-refractivity contribution is 0.149. The molecule has 0 radical (unpaired) electrons. The van der Waals surface area contributed by atoms with Crippen molar-refractivity contribution in [1.29, 1.82) is 0 Å². The van der Waals surface area contributed by atoms with Gasteiger partial charge in [-0.15, -0.1) is 11.3 Å². The lowest BCUT2D eigenvalue weighted by Gasteiger charge is -2.24. The summed E-state index contributed by atoms with van der Waals surface area (Å²) in [6, 6.07) is 7.43. The van der Waals surface area contributed by atoms with Gasteiger partial charge in [0.25, 0.3) is 0 Å². The van der Waals surface area contributed by atoms with Crippen LogP contribution in [-0.2, 0) is 0 Å². The lowest BCUT2D eigenvalue weighted by Crippen LogP contribution is -2.21. The molecule has 1 aliphatic heterocycles. The third kappa shape index (κ3) is 2.87. The SMILES string of the molecule is NCC(c1ccc2c(c1)OCCO2)C(O)c1sccc1Cl. The van der Waals surface area contributed by atoms with Gasteiger partial charge in [0.1, 0.15) is 13.2 Å². The third-order valence-corrected chi connectivity index (χ3v) is 4.97. The van der Waals surface area contributed by atoms with Gasteiger partial charge in [0.05, 0.1) is 16.0 Å². The average Bonchev–Trinajstić information content (AvgIpc) is 2.94. The molecule has 2 heterocycles. The first kappa shape index (κ1) is 14.7. The van der Waals surface area contributed by atoms with Gasteiger partial charge in [-0.1, -0.05) is 17.7 Å². The molecule has 0 spiro atoms. The van der Waals surface area contributed by atoms with Gasteiger partial charge in [0.15, 0.2) is 11.5 Å². The van der Waals surface area contributed by atoms with Gasteiger partial charge >= 0.3 is 0 Å². The predicted octanol–water partition coefficient (Wildman–Crippen LogP) is 2.95. The van der Waals surface area contributed by atoms with E-state index in [1.165, 1.54) is 11.3 Å². The molecule has 0 saturated carbocycles. The molecule has 6 heteroatoms. The van der Waals surface area contributed by atoms with Crippen LogP contribution in [0, 0.1) is 0 Å². The molecule has 112 valence electrons. The van der Waals surface area contributed by atoms with Crippen LogP contribution in [0.1, 0.15) is 22.5 Å². The fourth-order valence-corrected chi connectivity index (χ4v) is 3.66. The number of hydrogen-bond donors (Lipinski definition) is 2. The van der Waals surface area contributed by atoms with Crippen LogP contribution in [0.5, 0.6) is 11.5 Å². The number of thiophene rings is 1. The minimum Gasteiger partial charge on any atom is -0.486 e. The normalized spacial score (nSPS) is 16.5. The van der Waals surface area contributed by atoms with Crippen LogP contribution in [-0.4, -0.2) is 24.9 Å². The van der Waals surface area contributed by atoms with Crippen molar-refractivity contribution in [2.24, 2.45) is 5.73 Å². The Morgan fingerprint density at radius 3 is 2.67 bits per heavy atom. The summed E-state index contributed by atoms with van der Waals surface area (Å²) in [4.78, 5) is 0.738. The Hall–Kier alpha value is -1.27. The van der Waals surface area contributed by atoms with Crippen molar-refractivity contribution >= 4 is 22.9 Å². The molecule has 0 fully saturated rings. The van der Waals surface area contributed by atoms with Crippen LogP contribution in [0.2, 0.25) is 5.02 Å². The maximum atomic E-state index is 10.6. The molecule has 2 aromatic rings. The van der Waals surface area contributed by atoms with Crippen LogP contribution in [0.3, 0.4) is 0 Å². The van der Waals surface area contributed by atoms with Crippen LogP contribution in [0.15, 0.2) is 29.6 Å². The summed E-state index contributed by atoms with van der Waals surface area (Å²) in [7, 11) is 0. The highest BCUT2D eigenvalue weighted by atomic mass is 35.5. The molecule has 3 rings (SSSR count). The van der Waals surface area contributed by atoms with Gasteiger partial charge < -0.3 is 20.3 Å². The summed E-state index contributed by atoms with van der Waals surface area (Å²) in [6.45, 7) is 1.40. The van der Waals surface area contributed by atoms with Gasteiger partial charge in [-0.2, -0.15) is 0 Å². The predicted molar refractivity (Wildman–Crippen MR) is 83.5 cm³/mol. The summed E-state index contributed by atoms with van der Waals surface area (Å²) in [5.41, 5.74) is 6.78. The topological polar surface area (TPSA) is 64.7 Å². The number of benzene rings is 1. The van der Waals surface area contributed by atoms with Crippen molar-refractivity contribution in [3.8, 4) is 11.5 Å². The minimum absolute atomic E-state index is 0.239. The highest BCUT2D eigenvalue weighted by molar-refractivity contribution is 7.10. The minimum atomic E-state index is -0.731. The number of hydrogen-bond acceptors (Lipinski definition) is 5. The molecule has 1 aromatic carbocycles. The summed E-state index contributed by atoms with van der Waals surface area (Å²) in [6.07, 6.45) is -0.731. The summed E-state index contributed by atoms with van der Waals surface area (Å²) in [5.74, 6) is 1.18. The summed E-state index contributed by atoms with van der Waals surface area (Å²) in [5, 5.41) is 13.0. The second kappa shape index (κ2) is 6.23. The molecule has 21 heavy (non-hydrogen) atoms. The Balaban J connectivity index is 1.91. The first-order chi connectivity index (χ1) is 10.2. The van der Waals surface area contributed by atoms with Crippen molar-refractivity contribution in [2.45, 2.75) is 12.0 Å². The first-order valence-electron chi connectivity index (χ1n) is 6.71. The molecular formula is C15H16ClNO3S. The number of ether oxygens (including phenoxy) is 2. The van der Waals surface area contributed by atoms with E-state index < -0.39 is 6.10 Å². The standard InChI is InChI=1S/C15H16ClNO3S/c16-11-3-6-21-15(11)14(18)10(8-17)9-1-2-12-13(7-9)20-5-4-19-12/h1-3,6-7,10,14,18H,4-5,8,17H2. The van der Waals surface area contributed by atoms with E-state index in [2.05, 4.69) is 0 Å². The molecule has 3 N–H and O–H groups in total. The van der Waals surface area contributed by atoms with Crippen LogP contribution in [0.25, 0.3) is 0 Å². The van der Waals surface area contributed by atoms with E-state index in [-0.39, 0.29) is 5.92 Å². The van der Waals surface area contributed by atoms with E-state index >= 15 is 0 Å².